The third-order valence-electron chi connectivity index (χ3n) is 2.84. The number of halogens is 1. The molecule has 4 nitrogen and oxygen atoms in total. The van der Waals surface area contributed by atoms with Gasteiger partial charge in [-0.1, -0.05) is 12.1 Å². The van der Waals surface area contributed by atoms with E-state index >= 15 is 0 Å². The van der Waals surface area contributed by atoms with E-state index in [0.717, 1.165) is 0 Å². The third kappa shape index (κ3) is 3.15. The van der Waals surface area contributed by atoms with E-state index in [9.17, 15) is 14.6 Å². The fraction of sp³-hybridized carbons (Fsp3) is 0.500. The van der Waals surface area contributed by atoms with E-state index in [0.29, 0.717) is 26.2 Å². The molecule has 17 heavy (non-hydrogen) atoms. The first-order valence-corrected chi connectivity index (χ1v) is 5.62. The molecule has 2 rings (SSSR count). The summed E-state index contributed by atoms with van der Waals surface area (Å²) in [5.41, 5.74) is 0. The average Bonchev–Trinajstić information content (AvgIpc) is 2.61. The van der Waals surface area contributed by atoms with Gasteiger partial charge in [-0.2, -0.15) is 0 Å². The molecule has 1 aromatic rings. The molecule has 0 bridgehead atoms. The first-order valence-electron chi connectivity index (χ1n) is 5.62. The summed E-state index contributed by atoms with van der Waals surface area (Å²) in [7, 11) is 0. The molecule has 94 valence electrons. The lowest BCUT2D eigenvalue weighted by molar-refractivity contribution is 0.0572. The number of nitrogens with zero attached hydrogens (tertiary/aromatic N) is 1. The van der Waals surface area contributed by atoms with Gasteiger partial charge in [0.1, 0.15) is 6.61 Å². The fourth-order valence-electron chi connectivity index (χ4n) is 1.88. The summed E-state index contributed by atoms with van der Waals surface area (Å²) in [5, 5.41) is 18.7. The van der Waals surface area contributed by atoms with Gasteiger partial charge < -0.3 is 14.9 Å². The monoisotopic (exact) mass is 241 g/mol. The number of para-hydroxylation sites is 1. The van der Waals surface area contributed by atoms with Crippen molar-refractivity contribution in [3.8, 4) is 5.75 Å². The molecule has 5 heteroatoms. The zero-order valence-electron chi connectivity index (χ0n) is 9.42. The van der Waals surface area contributed by atoms with Crippen molar-refractivity contribution >= 4 is 0 Å². The zero-order valence-corrected chi connectivity index (χ0v) is 9.42. The van der Waals surface area contributed by atoms with Crippen LogP contribution in [0.5, 0.6) is 5.75 Å². The summed E-state index contributed by atoms with van der Waals surface area (Å²) in [6.45, 7) is 1.76. The van der Waals surface area contributed by atoms with E-state index < -0.39 is 12.2 Å². The molecule has 0 aromatic heterocycles. The zero-order chi connectivity index (χ0) is 12.3. The number of hydrogen-bond donors (Lipinski definition) is 2. The predicted molar refractivity (Wildman–Crippen MR) is 60.3 cm³/mol. The molecular formula is C12H16FNO3. The number of ether oxygens (including phenoxy) is 1. The molecule has 0 amide bonds. The van der Waals surface area contributed by atoms with Crippen LogP contribution in [0, 0.1) is 5.82 Å². The van der Waals surface area contributed by atoms with Crippen molar-refractivity contribution in [2.24, 2.45) is 0 Å². The summed E-state index contributed by atoms with van der Waals surface area (Å²) in [6.07, 6.45) is -1.38. The predicted octanol–water partition coefficient (Wildman–Crippen LogP) is 0.242. The lowest BCUT2D eigenvalue weighted by Gasteiger charge is -2.15. The van der Waals surface area contributed by atoms with Crippen LogP contribution in [0.2, 0.25) is 0 Å². The van der Waals surface area contributed by atoms with Gasteiger partial charge in [0.2, 0.25) is 0 Å². The minimum Gasteiger partial charge on any atom is -0.489 e. The van der Waals surface area contributed by atoms with E-state index in [1.807, 2.05) is 4.90 Å². The molecule has 1 saturated heterocycles. The Morgan fingerprint density at radius 2 is 1.88 bits per heavy atom. The maximum Gasteiger partial charge on any atom is 0.165 e. The molecule has 1 aliphatic rings. The lowest BCUT2D eigenvalue weighted by Crippen LogP contribution is -2.27. The van der Waals surface area contributed by atoms with Gasteiger partial charge in [-0.25, -0.2) is 4.39 Å². The molecule has 1 aliphatic heterocycles. The highest BCUT2D eigenvalue weighted by atomic mass is 19.1. The van der Waals surface area contributed by atoms with Gasteiger partial charge in [0, 0.05) is 19.6 Å². The molecule has 2 N–H and O–H groups in total. The van der Waals surface area contributed by atoms with Crippen molar-refractivity contribution in [2.45, 2.75) is 12.2 Å². The topological polar surface area (TPSA) is 52.9 Å². The van der Waals surface area contributed by atoms with Crippen molar-refractivity contribution in [1.82, 2.24) is 4.90 Å². The van der Waals surface area contributed by atoms with Crippen LogP contribution in [0.25, 0.3) is 0 Å². The van der Waals surface area contributed by atoms with Gasteiger partial charge in [0.05, 0.1) is 12.2 Å². The third-order valence-corrected chi connectivity index (χ3v) is 2.84. The Kier molecular flexibility index (Phi) is 3.93. The Morgan fingerprint density at radius 3 is 2.53 bits per heavy atom. The first kappa shape index (κ1) is 12.3. The summed E-state index contributed by atoms with van der Waals surface area (Å²) < 4.78 is 18.5. The minimum absolute atomic E-state index is 0.229. The number of aliphatic hydroxyl groups is 2. The van der Waals surface area contributed by atoms with Gasteiger partial charge in [-0.3, -0.25) is 4.90 Å². The molecular weight excluding hydrogens is 225 g/mol. The Hall–Kier alpha value is -1.17. The molecule has 0 saturated carbocycles. The second-order valence-corrected chi connectivity index (χ2v) is 4.17. The quantitative estimate of drug-likeness (QED) is 0.793. The van der Waals surface area contributed by atoms with E-state index in [-0.39, 0.29) is 11.6 Å². The standard InChI is InChI=1S/C12H16FNO3/c13-9-3-1-2-4-12(9)17-6-5-14-7-10(15)11(16)8-14/h1-4,10-11,15-16H,5-8H2. The maximum atomic E-state index is 13.2. The normalized spacial score (nSPS) is 25.1. The van der Waals surface area contributed by atoms with Crippen LogP contribution in [0.3, 0.4) is 0 Å². The van der Waals surface area contributed by atoms with Gasteiger partial charge in [0.25, 0.3) is 0 Å². The van der Waals surface area contributed by atoms with Crippen LogP contribution in [-0.2, 0) is 0 Å². The van der Waals surface area contributed by atoms with Crippen LogP contribution in [0.4, 0.5) is 4.39 Å². The van der Waals surface area contributed by atoms with E-state index in [4.69, 9.17) is 4.74 Å². The number of β-amino-alcohol motifs (C(OH)–C–C–N with tert-alkyl or cyclic N) is 2. The Labute approximate surface area is 99.2 Å². The fourth-order valence-corrected chi connectivity index (χ4v) is 1.88. The second-order valence-electron chi connectivity index (χ2n) is 4.17. The summed E-state index contributed by atoms with van der Waals surface area (Å²) >= 11 is 0. The van der Waals surface area contributed by atoms with Gasteiger partial charge in [-0.15, -0.1) is 0 Å². The second kappa shape index (κ2) is 5.44. The summed E-state index contributed by atoms with van der Waals surface area (Å²) in [5.74, 6) is -0.151. The van der Waals surface area contributed by atoms with Crippen LogP contribution >= 0.6 is 0 Å². The van der Waals surface area contributed by atoms with Crippen molar-refractivity contribution in [1.29, 1.82) is 0 Å². The number of rotatable bonds is 4. The largest absolute Gasteiger partial charge is 0.489 e. The molecule has 0 radical (unpaired) electrons. The number of likely N-dealkylation sites (tertiary alicyclic amines) is 1. The summed E-state index contributed by atoms with van der Waals surface area (Å²) in [6, 6.07) is 6.23. The van der Waals surface area contributed by atoms with Crippen LogP contribution in [0.15, 0.2) is 24.3 Å². The maximum absolute atomic E-state index is 13.2. The SMILES string of the molecule is OC1CN(CCOc2ccccc2F)CC1O. The number of aliphatic hydroxyl groups excluding tert-OH is 2. The molecule has 0 spiro atoms. The molecule has 0 aliphatic carbocycles. The van der Waals surface area contributed by atoms with E-state index in [2.05, 4.69) is 0 Å². The highest BCUT2D eigenvalue weighted by Gasteiger charge is 2.28. The Balaban J connectivity index is 1.75. The average molecular weight is 241 g/mol. The van der Waals surface area contributed by atoms with Crippen molar-refractivity contribution in [3.05, 3.63) is 30.1 Å². The summed E-state index contributed by atoms with van der Waals surface area (Å²) in [4.78, 5) is 1.89. The van der Waals surface area contributed by atoms with Gasteiger partial charge >= 0.3 is 0 Å². The number of benzene rings is 1. The van der Waals surface area contributed by atoms with Gasteiger partial charge in [-0.05, 0) is 12.1 Å². The Morgan fingerprint density at radius 1 is 1.24 bits per heavy atom. The highest BCUT2D eigenvalue weighted by molar-refractivity contribution is 5.23. The van der Waals surface area contributed by atoms with E-state index in [1.165, 1.54) is 6.07 Å². The first-order chi connectivity index (χ1) is 8.16. The molecule has 1 aromatic carbocycles. The Bertz CT molecular complexity index is 365. The lowest BCUT2D eigenvalue weighted by atomic mass is 10.3. The van der Waals surface area contributed by atoms with Gasteiger partial charge in [0.15, 0.2) is 11.6 Å². The smallest absolute Gasteiger partial charge is 0.165 e. The minimum atomic E-state index is -0.691. The van der Waals surface area contributed by atoms with Crippen LogP contribution in [-0.4, -0.2) is 53.6 Å². The van der Waals surface area contributed by atoms with Crippen molar-refractivity contribution < 1.29 is 19.3 Å². The molecule has 2 unspecified atom stereocenters. The van der Waals surface area contributed by atoms with E-state index in [1.54, 1.807) is 18.2 Å². The van der Waals surface area contributed by atoms with Crippen molar-refractivity contribution in [3.63, 3.8) is 0 Å². The number of hydrogen-bond acceptors (Lipinski definition) is 4. The molecule has 2 atom stereocenters. The van der Waals surface area contributed by atoms with Crippen LogP contribution < -0.4 is 4.74 Å². The molecule has 1 heterocycles. The molecule has 1 fully saturated rings. The van der Waals surface area contributed by atoms with Crippen LogP contribution in [0.1, 0.15) is 0 Å². The van der Waals surface area contributed by atoms with Crippen molar-refractivity contribution in [2.75, 3.05) is 26.2 Å². The highest BCUT2D eigenvalue weighted by Crippen LogP contribution is 2.15.